The molecular formula is C26H38ClNO7. The minimum atomic E-state index is -1.07. The predicted molar refractivity (Wildman–Crippen MR) is 133 cm³/mol. The van der Waals surface area contributed by atoms with Crippen molar-refractivity contribution < 1.29 is 33.7 Å². The van der Waals surface area contributed by atoms with E-state index in [1.165, 1.54) is 6.92 Å². The average Bonchev–Trinajstić information content (AvgIpc) is 3.17. The van der Waals surface area contributed by atoms with Gasteiger partial charge >= 0.3 is 11.9 Å². The lowest BCUT2D eigenvalue weighted by Gasteiger charge is -2.24. The summed E-state index contributed by atoms with van der Waals surface area (Å²) in [6, 6.07) is 0. The maximum absolute atomic E-state index is 12.8. The molecule has 2 heterocycles. The molecule has 2 aliphatic rings. The highest BCUT2D eigenvalue weighted by atomic mass is 35.5. The lowest BCUT2D eigenvalue weighted by atomic mass is 10.0. The second-order valence-electron chi connectivity index (χ2n) is 9.19. The maximum Gasteiger partial charge on any atom is 0.310 e. The van der Waals surface area contributed by atoms with Crippen molar-refractivity contribution in [2.24, 2.45) is 0 Å². The van der Waals surface area contributed by atoms with E-state index in [1.54, 1.807) is 19.9 Å². The second-order valence-corrected chi connectivity index (χ2v) is 9.68. The SMILES string of the molecule is CCCNC(=O)C/C(C)=C/[C@@H](O)[C@H]1O[C@@H]2CC/C(Cl)=C\C/C=C(/C)[C@H](OC(C)=O)CC(=O)O[C@@H]1C2. The Hall–Kier alpha value is -2.16. The molecule has 1 saturated heterocycles. The highest BCUT2D eigenvalue weighted by molar-refractivity contribution is 6.29. The fourth-order valence-corrected chi connectivity index (χ4v) is 4.35. The number of hydrogen-bond acceptors (Lipinski definition) is 7. The van der Waals surface area contributed by atoms with Crippen molar-refractivity contribution in [3.05, 3.63) is 34.4 Å². The Kier molecular flexibility index (Phi) is 12.0. The lowest BCUT2D eigenvalue weighted by molar-refractivity contribution is -0.159. The van der Waals surface area contributed by atoms with E-state index in [-0.39, 0.29) is 24.9 Å². The fraction of sp³-hybridized carbons (Fsp3) is 0.654. The molecule has 8 nitrogen and oxygen atoms in total. The van der Waals surface area contributed by atoms with Crippen LogP contribution in [0.15, 0.2) is 34.4 Å². The van der Waals surface area contributed by atoms with Gasteiger partial charge in [0.15, 0.2) is 0 Å². The van der Waals surface area contributed by atoms with Gasteiger partial charge in [-0.25, -0.2) is 0 Å². The van der Waals surface area contributed by atoms with Crippen molar-refractivity contribution in [1.29, 1.82) is 0 Å². The summed E-state index contributed by atoms with van der Waals surface area (Å²) in [5.74, 6) is -1.15. The van der Waals surface area contributed by atoms with Gasteiger partial charge in [-0.15, -0.1) is 0 Å². The molecule has 0 aliphatic carbocycles. The van der Waals surface area contributed by atoms with Crippen LogP contribution in [0.5, 0.6) is 0 Å². The van der Waals surface area contributed by atoms with E-state index < -0.39 is 36.4 Å². The van der Waals surface area contributed by atoms with Crippen molar-refractivity contribution in [3.8, 4) is 0 Å². The Morgan fingerprint density at radius 2 is 2.09 bits per heavy atom. The third kappa shape index (κ3) is 10.2. The molecule has 0 unspecified atom stereocenters. The van der Waals surface area contributed by atoms with Crippen LogP contribution in [0.2, 0.25) is 0 Å². The largest absolute Gasteiger partial charge is 0.459 e. The topological polar surface area (TPSA) is 111 Å². The van der Waals surface area contributed by atoms with E-state index in [2.05, 4.69) is 5.32 Å². The predicted octanol–water partition coefficient (Wildman–Crippen LogP) is 3.85. The van der Waals surface area contributed by atoms with Crippen LogP contribution in [0.4, 0.5) is 0 Å². The highest BCUT2D eigenvalue weighted by Gasteiger charge is 2.41. The zero-order valence-corrected chi connectivity index (χ0v) is 21.8. The molecule has 196 valence electrons. The first kappa shape index (κ1) is 29.1. The summed E-state index contributed by atoms with van der Waals surface area (Å²) in [6.07, 6.45) is 4.82. The number of rotatable bonds is 7. The standard InChI is InChI=1S/C26H38ClNO7/c1-5-11-28-24(31)13-16(2)12-21(30)26-23-14-20(34-26)10-9-19(27)8-6-7-17(3)22(33-18(4)29)15-25(32)35-23/h7-8,12,20-23,26,30H,5-6,9-11,13-15H2,1-4H3,(H,28,31)/b16-12+,17-7-,19-8+/t20-,21-,22-,23-,26-/m1/s1. The van der Waals surface area contributed by atoms with Crippen molar-refractivity contribution >= 4 is 29.4 Å². The number of aliphatic hydroxyl groups excluding tert-OH is 1. The Bertz CT molecular complexity index is 851. The molecule has 0 saturated carbocycles. The van der Waals surface area contributed by atoms with E-state index in [4.69, 9.17) is 25.8 Å². The van der Waals surface area contributed by atoms with Crippen LogP contribution in [-0.2, 0) is 28.6 Å². The molecule has 0 spiro atoms. The van der Waals surface area contributed by atoms with Gasteiger partial charge < -0.3 is 24.6 Å². The molecule has 9 heteroatoms. The molecule has 0 radical (unpaired) electrons. The molecular weight excluding hydrogens is 474 g/mol. The van der Waals surface area contributed by atoms with Crippen LogP contribution in [0.1, 0.15) is 72.6 Å². The smallest absolute Gasteiger partial charge is 0.310 e. The normalized spacial score (nSPS) is 30.1. The zero-order valence-electron chi connectivity index (χ0n) is 21.1. The summed E-state index contributed by atoms with van der Waals surface area (Å²) in [5, 5.41) is 14.4. The number of carbonyl (C=O) groups excluding carboxylic acids is 3. The van der Waals surface area contributed by atoms with Crippen LogP contribution in [0.3, 0.4) is 0 Å². The van der Waals surface area contributed by atoms with E-state index >= 15 is 0 Å². The number of allylic oxidation sites excluding steroid dienone is 3. The van der Waals surface area contributed by atoms with Gasteiger partial charge in [-0.3, -0.25) is 14.4 Å². The molecule has 2 N–H and O–H groups in total. The van der Waals surface area contributed by atoms with Gasteiger partial charge in [0.1, 0.15) is 24.4 Å². The van der Waals surface area contributed by atoms with Crippen LogP contribution < -0.4 is 5.32 Å². The minimum absolute atomic E-state index is 0.118. The molecule has 1 amide bonds. The maximum atomic E-state index is 12.8. The van der Waals surface area contributed by atoms with Crippen molar-refractivity contribution in [2.45, 2.75) is 103 Å². The van der Waals surface area contributed by atoms with Crippen LogP contribution >= 0.6 is 11.6 Å². The Morgan fingerprint density at radius 3 is 2.77 bits per heavy atom. The van der Waals surface area contributed by atoms with Crippen molar-refractivity contribution in [2.75, 3.05) is 6.54 Å². The van der Waals surface area contributed by atoms with Crippen LogP contribution in [-0.4, -0.2) is 60.0 Å². The van der Waals surface area contributed by atoms with Gasteiger partial charge in [-0.1, -0.05) is 42.3 Å². The van der Waals surface area contributed by atoms with Crippen molar-refractivity contribution in [3.63, 3.8) is 0 Å². The number of fused-ring (bicyclic) bond motifs is 2. The van der Waals surface area contributed by atoms with Gasteiger partial charge in [0.25, 0.3) is 0 Å². The lowest BCUT2D eigenvalue weighted by Crippen LogP contribution is -2.37. The summed E-state index contributed by atoms with van der Waals surface area (Å²) < 4.78 is 17.2. The van der Waals surface area contributed by atoms with Crippen LogP contribution in [0.25, 0.3) is 0 Å². The number of hydrogen-bond donors (Lipinski definition) is 2. The van der Waals surface area contributed by atoms with E-state index in [9.17, 15) is 19.5 Å². The van der Waals surface area contributed by atoms with Gasteiger partial charge in [0.05, 0.1) is 12.5 Å². The first-order valence-electron chi connectivity index (χ1n) is 12.2. The molecule has 2 rings (SSSR count). The molecule has 1 fully saturated rings. The number of carbonyl (C=O) groups is 3. The first-order chi connectivity index (χ1) is 16.6. The highest BCUT2D eigenvalue weighted by Crippen LogP contribution is 2.31. The number of amides is 1. The third-order valence-electron chi connectivity index (χ3n) is 5.95. The van der Waals surface area contributed by atoms with Gasteiger partial charge in [0.2, 0.25) is 5.91 Å². The van der Waals surface area contributed by atoms with E-state index in [0.29, 0.717) is 42.8 Å². The molecule has 0 aromatic rings. The van der Waals surface area contributed by atoms with E-state index in [0.717, 1.165) is 12.0 Å². The van der Waals surface area contributed by atoms with E-state index in [1.807, 2.05) is 19.1 Å². The molecule has 0 aromatic carbocycles. The minimum Gasteiger partial charge on any atom is -0.459 e. The Morgan fingerprint density at radius 1 is 1.34 bits per heavy atom. The Labute approximate surface area is 212 Å². The number of ether oxygens (including phenoxy) is 3. The second kappa shape index (κ2) is 14.4. The summed E-state index contributed by atoms with van der Waals surface area (Å²) in [7, 11) is 0. The monoisotopic (exact) mass is 511 g/mol. The summed E-state index contributed by atoms with van der Waals surface area (Å²) in [6.45, 7) is 7.42. The summed E-state index contributed by atoms with van der Waals surface area (Å²) >= 11 is 6.38. The van der Waals surface area contributed by atoms with Gasteiger partial charge in [0, 0.05) is 31.3 Å². The number of aliphatic hydroxyl groups is 1. The third-order valence-corrected chi connectivity index (χ3v) is 6.29. The molecule has 5 atom stereocenters. The van der Waals surface area contributed by atoms with Crippen molar-refractivity contribution in [1.82, 2.24) is 5.32 Å². The quantitative estimate of drug-likeness (QED) is 0.394. The fourth-order valence-electron chi connectivity index (χ4n) is 4.15. The first-order valence-corrected chi connectivity index (χ1v) is 12.6. The summed E-state index contributed by atoms with van der Waals surface area (Å²) in [4.78, 5) is 36.4. The molecule has 35 heavy (non-hydrogen) atoms. The molecule has 2 aliphatic heterocycles. The average molecular weight is 512 g/mol. The number of esters is 2. The number of nitrogens with one attached hydrogen (secondary N) is 1. The van der Waals surface area contributed by atoms with Gasteiger partial charge in [-0.05, 0) is 45.1 Å². The Balaban J connectivity index is 2.19. The van der Waals surface area contributed by atoms with Gasteiger partial charge in [-0.2, -0.15) is 0 Å². The number of halogens is 1. The summed E-state index contributed by atoms with van der Waals surface area (Å²) in [5.41, 5.74) is 1.42. The molecule has 2 bridgehead atoms. The molecule has 0 aromatic heterocycles. The van der Waals surface area contributed by atoms with Crippen LogP contribution in [0, 0.1) is 0 Å². The zero-order chi connectivity index (χ0) is 26.0.